The maximum absolute atomic E-state index is 5.98. The van der Waals surface area contributed by atoms with Crippen LogP contribution in [0.25, 0.3) is 0 Å². The second-order valence-electron chi connectivity index (χ2n) is 3.61. The van der Waals surface area contributed by atoms with E-state index in [1.807, 2.05) is 0 Å². The monoisotopic (exact) mass is 331 g/mol. The standard InChI is InChI=1S/C11H11Cl2N5OS/c12-6-1-2-8(7(13)5-6)19-3-4-20-11-17-9(14)16-10(15)18-11/h1-2,5H,3-4H2,(H4,14,15,16,17,18). The Labute approximate surface area is 129 Å². The van der Waals surface area contributed by atoms with E-state index >= 15 is 0 Å². The van der Waals surface area contributed by atoms with E-state index in [9.17, 15) is 0 Å². The van der Waals surface area contributed by atoms with Gasteiger partial charge < -0.3 is 16.2 Å². The quantitative estimate of drug-likeness (QED) is 0.641. The summed E-state index contributed by atoms with van der Waals surface area (Å²) in [4.78, 5) is 11.6. The van der Waals surface area contributed by atoms with E-state index in [2.05, 4.69) is 15.0 Å². The van der Waals surface area contributed by atoms with Crippen molar-refractivity contribution in [2.24, 2.45) is 0 Å². The van der Waals surface area contributed by atoms with Crippen molar-refractivity contribution in [2.45, 2.75) is 5.16 Å². The summed E-state index contributed by atoms with van der Waals surface area (Å²) in [6, 6.07) is 5.05. The van der Waals surface area contributed by atoms with Gasteiger partial charge in [0.25, 0.3) is 0 Å². The van der Waals surface area contributed by atoms with Crippen molar-refractivity contribution in [3.05, 3.63) is 28.2 Å². The van der Waals surface area contributed by atoms with E-state index in [-0.39, 0.29) is 11.9 Å². The number of nitrogens with two attached hydrogens (primary N) is 2. The molecule has 20 heavy (non-hydrogen) atoms. The van der Waals surface area contributed by atoms with Gasteiger partial charge in [-0.1, -0.05) is 35.0 Å². The molecule has 4 N–H and O–H groups in total. The predicted octanol–water partition coefficient (Wildman–Crippen LogP) is 2.51. The number of ether oxygens (including phenoxy) is 1. The molecule has 0 atom stereocenters. The SMILES string of the molecule is Nc1nc(N)nc(SCCOc2ccc(Cl)cc2Cl)n1. The first-order valence-electron chi connectivity index (χ1n) is 5.52. The number of aromatic nitrogens is 3. The van der Waals surface area contributed by atoms with Gasteiger partial charge in [-0.3, -0.25) is 0 Å². The molecule has 0 aliphatic rings. The van der Waals surface area contributed by atoms with E-state index in [4.69, 9.17) is 39.4 Å². The van der Waals surface area contributed by atoms with Crippen molar-refractivity contribution in [3.63, 3.8) is 0 Å². The minimum absolute atomic E-state index is 0.0988. The van der Waals surface area contributed by atoms with Gasteiger partial charge in [-0.25, -0.2) is 0 Å². The third kappa shape index (κ3) is 4.29. The average Bonchev–Trinajstić information content (AvgIpc) is 2.35. The molecule has 2 rings (SSSR count). The molecule has 0 aliphatic carbocycles. The lowest BCUT2D eigenvalue weighted by Crippen LogP contribution is -2.05. The highest BCUT2D eigenvalue weighted by Crippen LogP contribution is 2.27. The summed E-state index contributed by atoms with van der Waals surface area (Å²) in [5.41, 5.74) is 10.9. The van der Waals surface area contributed by atoms with Gasteiger partial charge in [0.2, 0.25) is 11.9 Å². The summed E-state index contributed by atoms with van der Waals surface area (Å²) < 4.78 is 5.53. The van der Waals surface area contributed by atoms with Crippen molar-refractivity contribution in [2.75, 3.05) is 23.8 Å². The zero-order valence-electron chi connectivity index (χ0n) is 10.2. The van der Waals surface area contributed by atoms with Crippen LogP contribution in [-0.4, -0.2) is 27.3 Å². The summed E-state index contributed by atoms with van der Waals surface area (Å²) in [5.74, 6) is 1.39. The number of thioether (sulfide) groups is 1. The van der Waals surface area contributed by atoms with Crippen LogP contribution in [0, 0.1) is 0 Å². The van der Waals surface area contributed by atoms with Gasteiger partial charge >= 0.3 is 0 Å². The average molecular weight is 332 g/mol. The van der Waals surface area contributed by atoms with Crippen LogP contribution < -0.4 is 16.2 Å². The van der Waals surface area contributed by atoms with Crippen LogP contribution in [-0.2, 0) is 0 Å². The molecule has 0 saturated heterocycles. The fourth-order valence-electron chi connectivity index (χ4n) is 1.33. The molecule has 106 valence electrons. The summed E-state index contributed by atoms with van der Waals surface area (Å²) in [6.45, 7) is 0.428. The molecular weight excluding hydrogens is 321 g/mol. The third-order valence-electron chi connectivity index (χ3n) is 2.12. The highest BCUT2D eigenvalue weighted by atomic mass is 35.5. The summed E-state index contributed by atoms with van der Waals surface area (Å²) in [6.07, 6.45) is 0. The van der Waals surface area contributed by atoms with E-state index in [0.717, 1.165) is 0 Å². The molecule has 0 saturated carbocycles. The third-order valence-corrected chi connectivity index (χ3v) is 3.46. The topological polar surface area (TPSA) is 99.9 Å². The minimum atomic E-state index is 0.0988. The Morgan fingerprint density at radius 1 is 1.10 bits per heavy atom. The summed E-state index contributed by atoms with van der Waals surface area (Å²) >= 11 is 13.1. The molecule has 6 nitrogen and oxygen atoms in total. The number of nitrogen functional groups attached to an aromatic ring is 2. The molecule has 1 aromatic heterocycles. The Hall–Kier alpha value is -1.44. The Morgan fingerprint density at radius 2 is 1.80 bits per heavy atom. The number of hydrogen-bond acceptors (Lipinski definition) is 7. The lowest BCUT2D eigenvalue weighted by Gasteiger charge is -2.07. The minimum Gasteiger partial charge on any atom is -0.491 e. The Morgan fingerprint density at radius 3 is 2.45 bits per heavy atom. The summed E-state index contributed by atoms with van der Waals surface area (Å²) in [5, 5.41) is 1.49. The second-order valence-corrected chi connectivity index (χ2v) is 5.51. The zero-order valence-corrected chi connectivity index (χ0v) is 12.5. The van der Waals surface area contributed by atoms with Crippen LogP contribution in [0.15, 0.2) is 23.4 Å². The van der Waals surface area contributed by atoms with E-state index < -0.39 is 0 Å². The van der Waals surface area contributed by atoms with Gasteiger partial charge in [0.1, 0.15) is 5.75 Å². The van der Waals surface area contributed by atoms with Crippen LogP contribution in [0.5, 0.6) is 5.75 Å². The Balaban J connectivity index is 1.84. The van der Waals surface area contributed by atoms with Crippen LogP contribution in [0.3, 0.4) is 0 Å². The van der Waals surface area contributed by atoms with E-state index in [1.54, 1.807) is 18.2 Å². The number of hydrogen-bond donors (Lipinski definition) is 2. The van der Waals surface area contributed by atoms with Crippen LogP contribution >= 0.6 is 35.0 Å². The molecule has 0 unspecified atom stereocenters. The Kier molecular flexibility index (Phi) is 5.11. The van der Waals surface area contributed by atoms with E-state index in [0.29, 0.717) is 33.3 Å². The first-order chi connectivity index (χ1) is 9.54. The fraction of sp³-hybridized carbons (Fsp3) is 0.182. The Bertz CT molecular complexity index is 593. The molecule has 0 amide bonds. The summed E-state index contributed by atoms with van der Waals surface area (Å²) in [7, 11) is 0. The van der Waals surface area contributed by atoms with Gasteiger partial charge in [0.15, 0.2) is 5.16 Å². The number of rotatable bonds is 5. The van der Waals surface area contributed by atoms with Crippen LogP contribution in [0.4, 0.5) is 11.9 Å². The molecule has 9 heteroatoms. The lowest BCUT2D eigenvalue weighted by atomic mass is 10.3. The van der Waals surface area contributed by atoms with Gasteiger partial charge in [0.05, 0.1) is 11.6 Å². The van der Waals surface area contributed by atoms with Gasteiger partial charge in [-0.05, 0) is 18.2 Å². The largest absolute Gasteiger partial charge is 0.491 e. The normalized spacial score (nSPS) is 10.5. The lowest BCUT2D eigenvalue weighted by molar-refractivity contribution is 0.344. The first-order valence-corrected chi connectivity index (χ1v) is 7.26. The van der Waals surface area contributed by atoms with Gasteiger partial charge in [-0.2, -0.15) is 15.0 Å². The predicted molar refractivity (Wildman–Crippen MR) is 81.3 cm³/mol. The fourth-order valence-corrected chi connectivity index (χ4v) is 2.46. The van der Waals surface area contributed by atoms with Gasteiger partial charge in [0, 0.05) is 10.8 Å². The molecular formula is C11H11Cl2N5OS. The van der Waals surface area contributed by atoms with Crippen molar-refractivity contribution in [1.82, 2.24) is 15.0 Å². The van der Waals surface area contributed by atoms with Crippen molar-refractivity contribution < 1.29 is 4.74 Å². The van der Waals surface area contributed by atoms with E-state index in [1.165, 1.54) is 11.8 Å². The first kappa shape index (κ1) is 15.0. The number of benzene rings is 1. The van der Waals surface area contributed by atoms with Crippen molar-refractivity contribution >= 4 is 46.9 Å². The molecule has 1 heterocycles. The molecule has 0 bridgehead atoms. The zero-order chi connectivity index (χ0) is 14.5. The molecule has 0 fully saturated rings. The van der Waals surface area contributed by atoms with Gasteiger partial charge in [-0.15, -0.1) is 0 Å². The number of halogens is 2. The number of nitrogens with zero attached hydrogens (tertiary/aromatic N) is 3. The molecule has 0 spiro atoms. The number of anilines is 2. The van der Waals surface area contributed by atoms with Crippen LogP contribution in [0.1, 0.15) is 0 Å². The maximum atomic E-state index is 5.98. The molecule has 0 radical (unpaired) electrons. The molecule has 2 aromatic rings. The molecule has 0 aliphatic heterocycles. The highest BCUT2D eigenvalue weighted by molar-refractivity contribution is 7.99. The second kappa shape index (κ2) is 6.83. The van der Waals surface area contributed by atoms with Crippen LogP contribution in [0.2, 0.25) is 10.0 Å². The smallest absolute Gasteiger partial charge is 0.225 e. The van der Waals surface area contributed by atoms with Crippen molar-refractivity contribution in [1.29, 1.82) is 0 Å². The molecule has 1 aromatic carbocycles. The highest BCUT2D eigenvalue weighted by Gasteiger charge is 2.05. The van der Waals surface area contributed by atoms with Crippen molar-refractivity contribution in [3.8, 4) is 5.75 Å². The maximum Gasteiger partial charge on any atom is 0.225 e.